The number of amides is 1. The lowest BCUT2D eigenvalue weighted by molar-refractivity contribution is -0.135. The average Bonchev–Trinajstić information content (AvgIpc) is 2.86. The number of phenols is 1. The Hall–Kier alpha value is -4.14. The first-order valence-corrected chi connectivity index (χ1v) is 12.7. The highest BCUT2D eigenvalue weighted by molar-refractivity contribution is 5.98. The monoisotopic (exact) mass is 521 g/mol. The molecule has 0 aliphatic carbocycles. The predicted octanol–water partition coefficient (Wildman–Crippen LogP) is 4.18. The summed E-state index contributed by atoms with van der Waals surface area (Å²) in [6, 6.07) is 8.28. The van der Waals surface area contributed by atoms with Crippen molar-refractivity contribution in [2.75, 3.05) is 6.61 Å². The second-order valence-corrected chi connectivity index (χ2v) is 9.60. The fraction of sp³-hybridized carbons (Fsp3) is 0.379. The van der Waals surface area contributed by atoms with Crippen molar-refractivity contribution >= 4 is 29.7 Å². The first-order chi connectivity index (χ1) is 18.2. The van der Waals surface area contributed by atoms with Crippen LogP contribution in [-0.4, -0.2) is 41.4 Å². The van der Waals surface area contributed by atoms with Gasteiger partial charge in [0.2, 0.25) is 0 Å². The number of fused-ring (bicyclic) bond motifs is 2. The van der Waals surface area contributed by atoms with E-state index < -0.39 is 29.9 Å². The lowest BCUT2D eigenvalue weighted by Crippen LogP contribution is -2.23. The molecule has 9 heteroatoms. The molecule has 2 aliphatic heterocycles. The van der Waals surface area contributed by atoms with E-state index in [1.807, 2.05) is 6.08 Å². The molecule has 2 atom stereocenters. The number of aromatic hydroxyl groups is 1. The third kappa shape index (κ3) is 6.40. The van der Waals surface area contributed by atoms with E-state index >= 15 is 0 Å². The number of carbonyl (C=O) groups excluding carboxylic acids is 4. The van der Waals surface area contributed by atoms with Gasteiger partial charge in [0.1, 0.15) is 28.6 Å². The minimum Gasteiger partial charge on any atom is -0.507 e. The quantitative estimate of drug-likeness (QED) is 0.451. The van der Waals surface area contributed by atoms with Crippen molar-refractivity contribution in [3.05, 3.63) is 58.7 Å². The summed E-state index contributed by atoms with van der Waals surface area (Å²) >= 11 is 0. The van der Waals surface area contributed by atoms with Crippen LogP contribution < -0.4 is 15.2 Å². The molecule has 4 rings (SSSR count). The van der Waals surface area contributed by atoms with E-state index in [0.717, 1.165) is 0 Å². The molecule has 0 bridgehead atoms. The molecule has 0 fully saturated rings. The normalized spacial score (nSPS) is 20.4. The van der Waals surface area contributed by atoms with E-state index in [0.29, 0.717) is 61.0 Å². The van der Waals surface area contributed by atoms with Crippen LogP contribution in [0.25, 0.3) is 6.08 Å². The standard InChI is InChI=1S/C29H31NO8/c1-17-6-5-9-20(31)8-4-2-3-7-19-14-23-27(28(34)26(19)29(35)37-17)22(15-25(33)38-23)18-10-12-21(13-11-18)36-16-24(30)32/h3,7,10-14,17,22,34H,2,4-6,8-9,15-16H2,1H3,(H2,30,32)/t17-,22+/m0/s1. The number of hydrogen-bond donors (Lipinski definition) is 2. The summed E-state index contributed by atoms with van der Waals surface area (Å²) in [6.07, 6.45) is 6.36. The number of phenolic OH excluding ortho intramolecular Hbond substituents is 1. The second kappa shape index (κ2) is 11.9. The lowest BCUT2D eigenvalue weighted by Gasteiger charge is -2.28. The van der Waals surface area contributed by atoms with Gasteiger partial charge in [0.05, 0.1) is 12.5 Å². The number of ether oxygens (including phenoxy) is 3. The molecule has 3 N–H and O–H groups in total. The highest BCUT2D eigenvalue weighted by Gasteiger charge is 2.35. The van der Waals surface area contributed by atoms with Gasteiger partial charge in [0, 0.05) is 24.3 Å². The van der Waals surface area contributed by atoms with Gasteiger partial charge in [0.25, 0.3) is 5.91 Å². The maximum absolute atomic E-state index is 13.3. The number of benzene rings is 2. The fourth-order valence-corrected chi connectivity index (χ4v) is 4.75. The van der Waals surface area contributed by atoms with Crippen LogP contribution >= 0.6 is 0 Å². The minimum atomic E-state index is -0.688. The molecule has 1 amide bonds. The zero-order valence-corrected chi connectivity index (χ0v) is 21.2. The molecule has 9 nitrogen and oxygen atoms in total. The van der Waals surface area contributed by atoms with Crippen LogP contribution in [-0.2, 0) is 19.1 Å². The van der Waals surface area contributed by atoms with Crippen LogP contribution in [0.1, 0.15) is 84.8 Å². The maximum Gasteiger partial charge on any atom is 0.342 e. The number of carbonyl (C=O) groups is 4. The van der Waals surface area contributed by atoms with E-state index in [-0.39, 0.29) is 35.9 Å². The van der Waals surface area contributed by atoms with Crippen molar-refractivity contribution in [1.29, 1.82) is 0 Å². The van der Waals surface area contributed by atoms with E-state index in [4.69, 9.17) is 19.9 Å². The molecule has 0 unspecified atom stereocenters. The number of primary amides is 1. The number of rotatable bonds is 4. The molecule has 0 saturated carbocycles. The largest absolute Gasteiger partial charge is 0.507 e. The number of hydrogen-bond acceptors (Lipinski definition) is 8. The first-order valence-electron chi connectivity index (χ1n) is 12.7. The van der Waals surface area contributed by atoms with E-state index in [1.54, 1.807) is 43.3 Å². The van der Waals surface area contributed by atoms with E-state index in [2.05, 4.69) is 0 Å². The molecule has 0 radical (unpaired) electrons. The summed E-state index contributed by atoms with van der Waals surface area (Å²) in [5.74, 6) is -1.88. The number of esters is 2. The Kier molecular flexibility index (Phi) is 8.45. The first kappa shape index (κ1) is 26.9. The molecule has 0 spiro atoms. The molecule has 2 aliphatic rings. The van der Waals surface area contributed by atoms with Crippen molar-refractivity contribution in [2.45, 2.75) is 63.9 Å². The van der Waals surface area contributed by atoms with Gasteiger partial charge in [0.15, 0.2) is 6.61 Å². The van der Waals surface area contributed by atoms with Crippen LogP contribution in [0.5, 0.6) is 17.2 Å². The van der Waals surface area contributed by atoms with Gasteiger partial charge < -0.3 is 25.1 Å². The molecule has 2 aromatic carbocycles. The molecule has 200 valence electrons. The van der Waals surface area contributed by atoms with Crippen LogP contribution in [0, 0.1) is 0 Å². The van der Waals surface area contributed by atoms with Crippen molar-refractivity contribution in [2.24, 2.45) is 5.73 Å². The summed E-state index contributed by atoms with van der Waals surface area (Å²) in [6.45, 7) is 1.49. The van der Waals surface area contributed by atoms with Gasteiger partial charge in [-0.05, 0) is 61.9 Å². The van der Waals surface area contributed by atoms with Crippen LogP contribution in [0.2, 0.25) is 0 Å². The van der Waals surface area contributed by atoms with Crippen molar-refractivity contribution in [1.82, 2.24) is 0 Å². The summed E-state index contributed by atoms with van der Waals surface area (Å²) in [4.78, 5) is 48.9. The van der Waals surface area contributed by atoms with E-state index in [9.17, 15) is 24.3 Å². The SMILES string of the molecule is C[C@H]1CCCC(=O)CCCC=Cc2cc3c(c(O)c2C(=O)O1)[C@@H](c1ccc(OCC(N)=O)cc1)CC(=O)O3. The molecule has 2 heterocycles. The second-order valence-electron chi connectivity index (χ2n) is 9.60. The molecular formula is C29H31NO8. The average molecular weight is 522 g/mol. The number of Topliss-reactive ketones (excluding diaryl/α,β-unsaturated/α-hetero) is 1. The van der Waals surface area contributed by atoms with Crippen LogP contribution in [0.4, 0.5) is 0 Å². The van der Waals surface area contributed by atoms with Gasteiger partial charge in [-0.3, -0.25) is 14.4 Å². The Morgan fingerprint density at radius 1 is 1.13 bits per heavy atom. The summed E-state index contributed by atoms with van der Waals surface area (Å²) in [7, 11) is 0. The Labute approximate surface area is 220 Å². The molecule has 0 saturated heterocycles. The topological polar surface area (TPSA) is 142 Å². The summed E-state index contributed by atoms with van der Waals surface area (Å²) in [5, 5.41) is 11.4. The fourth-order valence-electron chi connectivity index (χ4n) is 4.75. The number of nitrogens with two attached hydrogens (primary N) is 1. The third-order valence-corrected chi connectivity index (χ3v) is 6.64. The van der Waals surface area contributed by atoms with Crippen molar-refractivity contribution in [3.8, 4) is 17.2 Å². The molecular weight excluding hydrogens is 490 g/mol. The molecule has 0 aromatic heterocycles. The van der Waals surface area contributed by atoms with Gasteiger partial charge in [-0.1, -0.05) is 24.3 Å². The Morgan fingerprint density at radius 3 is 2.61 bits per heavy atom. The zero-order chi connectivity index (χ0) is 27.2. The highest BCUT2D eigenvalue weighted by Crippen LogP contribution is 2.47. The Balaban J connectivity index is 1.74. The van der Waals surface area contributed by atoms with Gasteiger partial charge in [-0.2, -0.15) is 0 Å². The van der Waals surface area contributed by atoms with Crippen LogP contribution in [0.3, 0.4) is 0 Å². The minimum absolute atomic E-state index is 0.00402. The predicted molar refractivity (Wildman–Crippen MR) is 138 cm³/mol. The highest BCUT2D eigenvalue weighted by atomic mass is 16.5. The van der Waals surface area contributed by atoms with Gasteiger partial charge in [-0.15, -0.1) is 0 Å². The maximum atomic E-state index is 13.3. The lowest BCUT2D eigenvalue weighted by atomic mass is 9.83. The number of cyclic esters (lactones) is 1. The third-order valence-electron chi connectivity index (χ3n) is 6.64. The van der Waals surface area contributed by atoms with Crippen LogP contribution in [0.15, 0.2) is 36.4 Å². The Bertz CT molecular complexity index is 1260. The number of ketones is 1. The van der Waals surface area contributed by atoms with Gasteiger partial charge >= 0.3 is 11.9 Å². The zero-order valence-electron chi connectivity index (χ0n) is 21.2. The van der Waals surface area contributed by atoms with Crippen molar-refractivity contribution in [3.63, 3.8) is 0 Å². The Morgan fingerprint density at radius 2 is 1.87 bits per heavy atom. The number of allylic oxidation sites excluding steroid dienone is 1. The van der Waals surface area contributed by atoms with E-state index in [1.165, 1.54) is 0 Å². The summed E-state index contributed by atoms with van der Waals surface area (Å²) < 4.78 is 16.4. The van der Waals surface area contributed by atoms with Crippen molar-refractivity contribution < 1.29 is 38.5 Å². The van der Waals surface area contributed by atoms with Gasteiger partial charge in [-0.25, -0.2) is 4.79 Å². The smallest absolute Gasteiger partial charge is 0.342 e. The summed E-state index contributed by atoms with van der Waals surface area (Å²) in [5.41, 5.74) is 6.50. The molecule has 38 heavy (non-hydrogen) atoms. The molecule has 2 aromatic rings.